The van der Waals surface area contributed by atoms with Crippen LogP contribution in [0.25, 0.3) is 0 Å². The number of hydrogen-bond donors (Lipinski definition) is 0. The van der Waals surface area contributed by atoms with Crippen molar-refractivity contribution >= 4 is 22.6 Å². The Morgan fingerprint density at radius 3 is 1.59 bits per heavy atom. The van der Waals surface area contributed by atoms with Crippen LogP contribution in [0.2, 0.25) is 36.3 Å². The molecule has 206 valence electrons. The molecule has 1 spiro atoms. The maximum absolute atomic E-state index is 13.2. The number of carbonyl (C=O) groups excluding carboxylic acids is 1. The van der Waals surface area contributed by atoms with E-state index in [1.165, 1.54) is 0 Å². The van der Waals surface area contributed by atoms with E-state index in [4.69, 9.17) is 18.3 Å². The van der Waals surface area contributed by atoms with E-state index in [9.17, 15) is 4.79 Å². The summed E-state index contributed by atoms with van der Waals surface area (Å²) in [6.07, 6.45) is 0. The van der Waals surface area contributed by atoms with Gasteiger partial charge in [0.2, 0.25) is 16.6 Å². The lowest BCUT2D eigenvalue weighted by molar-refractivity contribution is 0.0224. The van der Waals surface area contributed by atoms with Crippen molar-refractivity contribution in [3.63, 3.8) is 0 Å². The molecule has 0 amide bonds. The number of fused-ring (bicyclic) bond motifs is 6. The molecule has 7 heteroatoms. The molecule has 0 atom stereocenters. The predicted molar refractivity (Wildman–Crippen MR) is 160 cm³/mol. The van der Waals surface area contributed by atoms with Gasteiger partial charge in [-0.25, -0.2) is 4.79 Å². The van der Waals surface area contributed by atoms with Crippen LogP contribution in [0, 0.1) is 0 Å². The van der Waals surface area contributed by atoms with Crippen LogP contribution in [-0.4, -0.2) is 22.6 Å². The first-order chi connectivity index (χ1) is 18.0. The summed E-state index contributed by atoms with van der Waals surface area (Å²) in [7, 11) is -4.16. The summed E-state index contributed by atoms with van der Waals surface area (Å²) < 4.78 is 26.1. The Kier molecular flexibility index (Phi) is 6.16. The molecule has 39 heavy (non-hydrogen) atoms. The summed E-state index contributed by atoms with van der Waals surface area (Å²) in [5.74, 6) is 2.41. The largest absolute Gasteiger partial charge is 0.543 e. The first-order valence-electron chi connectivity index (χ1n) is 13.6. The van der Waals surface area contributed by atoms with Gasteiger partial charge in [-0.1, -0.05) is 59.7 Å². The van der Waals surface area contributed by atoms with E-state index < -0.39 is 22.2 Å². The van der Waals surface area contributed by atoms with Crippen LogP contribution >= 0.6 is 0 Å². The summed E-state index contributed by atoms with van der Waals surface area (Å²) in [5, 5.41) is 0.0982. The van der Waals surface area contributed by atoms with Crippen molar-refractivity contribution in [2.24, 2.45) is 0 Å². The monoisotopic (exact) mass is 560 g/mol. The van der Waals surface area contributed by atoms with Gasteiger partial charge in [0.05, 0.1) is 5.56 Å². The molecule has 5 nitrogen and oxygen atoms in total. The molecule has 0 saturated carbocycles. The minimum Gasteiger partial charge on any atom is -0.543 e. The third-order valence-corrected chi connectivity index (χ3v) is 17.7. The van der Waals surface area contributed by atoms with Gasteiger partial charge in [-0.15, -0.1) is 0 Å². The molecule has 0 radical (unpaired) electrons. The van der Waals surface area contributed by atoms with Crippen molar-refractivity contribution in [2.45, 2.75) is 83.4 Å². The molecule has 0 fully saturated rings. The van der Waals surface area contributed by atoms with Gasteiger partial charge < -0.3 is 18.3 Å². The number of carbonyl (C=O) groups is 1. The van der Waals surface area contributed by atoms with Gasteiger partial charge in [-0.3, -0.25) is 0 Å². The van der Waals surface area contributed by atoms with Crippen LogP contribution in [0.3, 0.4) is 0 Å². The molecule has 0 bridgehead atoms. The Hall–Kier alpha value is -3.04. The van der Waals surface area contributed by atoms with Crippen molar-refractivity contribution in [3.8, 4) is 23.0 Å². The smallest absolute Gasteiger partial charge is 0.340 e. The van der Waals surface area contributed by atoms with Crippen LogP contribution in [-0.2, 0) is 10.3 Å². The molecule has 0 aromatic heterocycles. The Bertz CT molecular complexity index is 1380. The van der Waals surface area contributed by atoms with Crippen LogP contribution in [0.1, 0.15) is 68.6 Å². The lowest BCUT2D eigenvalue weighted by atomic mass is 9.77. The summed E-state index contributed by atoms with van der Waals surface area (Å²) in [6.45, 7) is 22.2. The summed E-state index contributed by atoms with van der Waals surface area (Å²) in [5.41, 5.74) is 1.85. The van der Waals surface area contributed by atoms with E-state index in [0.29, 0.717) is 17.1 Å². The topological polar surface area (TPSA) is 54.0 Å². The minimum atomic E-state index is -2.08. The van der Waals surface area contributed by atoms with Gasteiger partial charge in [0.25, 0.3) is 0 Å². The van der Waals surface area contributed by atoms with E-state index in [0.717, 1.165) is 28.2 Å². The van der Waals surface area contributed by atoms with E-state index >= 15 is 0 Å². The zero-order valence-corrected chi connectivity index (χ0v) is 26.8. The Labute approximate surface area is 234 Å². The highest BCUT2D eigenvalue weighted by molar-refractivity contribution is 6.75. The highest BCUT2D eigenvalue weighted by Gasteiger charge is 2.54. The van der Waals surface area contributed by atoms with Gasteiger partial charge in [0.15, 0.2) is 5.60 Å². The number of rotatable bonds is 4. The predicted octanol–water partition coefficient (Wildman–Crippen LogP) is 9.02. The molecule has 0 unspecified atom stereocenters. The third-order valence-electron chi connectivity index (χ3n) is 9.02. The molecule has 2 aliphatic rings. The maximum Gasteiger partial charge on any atom is 0.340 e. The average Bonchev–Trinajstić information content (AvgIpc) is 3.10. The molecular formula is C32H40O5Si2. The fourth-order valence-electron chi connectivity index (χ4n) is 4.66. The normalized spacial score (nSPS) is 16.1. The second-order valence-corrected chi connectivity index (χ2v) is 23.2. The third kappa shape index (κ3) is 4.40. The van der Waals surface area contributed by atoms with E-state index in [1.807, 2.05) is 60.7 Å². The molecular weight excluding hydrogens is 521 g/mol. The number of ether oxygens (including phenoxy) is 2. The lowest BCUT2D eigenvalue weighted by Crippen LogP contribution is -2.44. The Balaban J connectivity index is 1.67. The van der Waals surface area contributed by atoms with E-state index in [2.05, 4.69) is 67.7 Å². The molecule has 0 saturated heterocycles. The van der Waals surface area contributed by atoms with Gasteiger partial charge in [-0.2, -0.15) is 0 Å². The van der Waals surface area contributed by atoms with Crippen LogP contribution in [0.4, 0.5) is 0 Å². The fourth-order valence-corrected chi connectivity index (χ4v) is 6.70. The minimum absolute atomic E-state index is 0.0491. The number of benzene rings is 3. The fraction of sp³-hybridized carbons (Fsp3) is 0.406. The van der Waals surface area contributed by atoms with Crippen molar-refractivity contribution in [3.05, 3.63) is 82.9 Å². The first-order valence-corrected chi connectivity index (χ1v) is 19.5. The Morgan fingerprint density at radius 1 is 0.667 bits per heavy atom. The highest BCUT2D eigenvalue weighted by Crippen LogP contribution is 2.57. The van der Waals surface area contributed by atoms with Crippen molar-refractivity contribution in [2.75, 3.05) is 0 Å². The quantitative estimate of drug-likeness (QED) is 0.235. The number of hydrogen-bond acceptors (Lipinski definition) is 5. The lowest BCUT2D eigenvalue weighted by Gasteiger charge is -2.39. The second kappa shape index (κ2) is 8.73. The average molecular weight is 561 g/mol. The molecule has 0 aliphatic carbocycles. The molecule has 2 aliphatic heterocycles. The zero-order valence-electron chi connectivity index (χ0n) is 24.8. The first kappa shape index (κ1) is 27.5. The molecule has 0 N–H and O–H groups in total. The molecule has 5 rings (SSSR count). The molecule has 3 aromatic rings. The Morgan fingerprint density at radius 2 is 1.13 bits per heavy atom. The standard InChI is InChI=1S/C32H40O5Si2/c1-30(2,3)38(7,8)36-21-15-17-25-27(19-21)34-28-20-22(37-39(9,10)31(4,5)6)16-18-26(28)32(25)24-14-12-11-13-23(24)29(33)35-32/h11-20H,1-10H3. The van der Waals surface area contributed by atoms with Gasteiger partial charge in [-0.05, 0) is 66.6 Å². The van der Waals surface area contributed by atoms with Crippen molar-refractivity contribution in [1.29, 1.82) is 0 Å². The van der Waals surface area contributed by atoms with Crippen LogP contribution < -0.4 is 13.6 Å². The SMILES string of the molecule is CC(C)(C)[Si](C)(C)Oc1ccc2c(c1)Oc1cc(O[Si](C)(C)C(C)(C)C)ccc1C21OC(=O)c2ccccc21. The van der Waals surface area contributed by atoms with Crippen molar-refractivity contribution < 1.29 is 23.1 Å². The zero-order chi connectivity index (χ0) is 28.6. The van der Waals surface area contributed by atoms with Crippen LogP contribution in [0.15, 0.2) is 60.7 Å². The van der Waals surface area contributed by atoms with Gasteiger partial charge >= 0.3 is 5.97 Å². The second-order valence-electron chi connectivity index (χ2n) is 13.8. The van der Waals surface area contributed by atoms with E-state index in [1.54, 1.807) is 0 Å². The highest BCUT2D eigenvalue weighted by atomic mass is 28.4. The maximum atomic E-state index is 13.2. The van der Waals surface area contributed by atoms with Crippen LogP contribution in [0.5, 0.6) is 23.0 Å². The van der Waals surface area contributed by atoms with E-state index in [-0.39, 0.29) is 16.0 Å². The summed E-state index contributed by atoms with van der Waals surface area (Å²) in [6, 6.07) is 19.4. The van der Waals surface area contributed by atoms with Crippen molar-refractivity contribution in [1.82, 2.24) is 0 Å². The van der Waals surface area contributed by atoms with Gasteiger partial charge in [0, 0.05) is 28.8 Å². The van der Waals surface area contributed by atoms with Gasteiger partial charge in [0.1, 0.15) is 23.0 Å². The molecule has 2 heterocycles. The molecule has 3 aromatic carbocycles. The number of esters is 1. The summed E-state index contributed by atoms with van der Waals surface area (Å²) >= 11 is 0. The summed E-state index contributed by atoms with van der Waals surface area (Å²) in [4.78, 5) is 13.2.